The van der Waals surface area contributed by atoms with E-state index in [0.717, 1.165) is 45.4 Å². The van der Waals surface area contributed by atoms with Crippen LogP contribution in [0.3, 0.4) is 0 Å². The van der Waals surface area contributed by atoms with Gasteiger partial charge < -0.3 is 9.64 Å². The van der Waals surface area contributed by atoms with Crippen molar-refractivity contribution in [2.75, 3.05) is 19.7 Å². The zero-order valence-corrected chi connectivity index (χ0v) is 15.3. The Morgan fingerprint density at radius 1 is 1.12 bits per heavy atom. The van der Waals surface area contributed by atoms with Crippen molar-refractivity contribution in [2.24, 2.45) is 0 Å². The van der Waals surface area contributed by atoms with Crippen molar-refractivity contribution in [3.63, 3.8) is 0 Å². The van der Waals surface area contributed by atoms with E-state index in [4.69, 9.17) is 9.72 Å². The van der Waals surface area contributed by atoms with Crippen molar-refractivity contribution >= 4 is 17.2 Å². The van der Waals surface area contributed by atoms with Gasteiger partial charge in [0.15, 0.2) is 0 Å². The molecule has 0 bridgehead atoms. The third-order valence-electron chi connectivity index (χ3n) is 5.74. The summed E-state index contributed by atoms with van der Waals surface area (Å²) in [5.41, 5.74) is 1.37. The largest absolute Gasteiger partial charge is 0.378 e. The zero-order chi connectivity index (χ0) is 16.4. The lowest BCUT2D eigenvalue weighted by Crippen LogP contribution is -2.40. The zero-order valence-electron chi connectivity index (χ0n) is 14.5. The summed E-state index contributed by atoms with van der Waals surface area (Å²) < 4.78 is 5.72. The fourth-order valence-corrected chi connectivity index (χ4v) is 5.54. The number of hydrogen-bond donors (Lipinski definition) is 0. The van der Waals surface area contributed by atoms with Crippen LogP contribution in [-0.2, 0) is 22.4 Å². The first-order valence-electron chi connectivity index (χ1n) is 9.67. The van der Waals surface area contributed by atoms with E-state index in [1.165, 1.54) is 47.7 Å². The molecule has 0 saturated carbocycles. The molecule has 2 fully saturated rings. The van der Waals surface area contributed by atoms with Gasteiger partial charge in [-0.15, -0.1) is 11.3 Å². The number of hydrogen-bond acceptors (Lipinski definition) is 4. The predicted octanol–water partition coefficient (Wildman–Crippen LogP) is 3.69. The molecule has 1 aromatic heterocycles. The Kier molecular flexibility index (Phi) is 5.18. The molecule has 1 aromatic rings. The number of likely N-dealkylation sites (tertiary alicyclic amines) is 1. The van der Waals surface area contributed by atoms with Crippen LogP contribution >= 0.6 is 11.3 Å². The van der Waals surface area contributed by atoms with E-state index in [-0.39, 0.29) is 6.10 Å². The second kappa shape index (κ2) is 7.52. The van der Waals surface area contributed by atoms with Gasteiger partial charge in [0.25, 0.3) is 0 Å². The summed E-state index contributed by atoms with van der Waals surface area (Å²) in [7, 11) is 0. The van der Waals surface area contributed by atoms with Gasteiger partial charge in [-0.2, -0.15) is 0 Å². The van der Waals surface area contributed by atoms with Crippen LogP contribution in [-0.4, -0.2) is 41.6 Å². The van der Waals surface area contributed by atoms with Crippen molar-refractivity contribution in [3.8, 4) is 0 Å². The SMILES string of the molecule is O=C(CC1CCCCO1)N1CCC(c2nc3c(s2)CCCC3)CC1. The monoisotopic (exact) mass is 348 g/mol. The number of piperidine rings is 1. The standard InChI is InChI=1S/C19H28N2O2S/c22-18(13-15-5-3-4-12-23-15)21-10-8-14(9-11-21)19-20-16-6-1-2-7-17(16)24-19/h14-15H,1-13H2. The highest BCUT2D eigenvalue weighted by atomic mass is 32.1. The quantitative estimate of drug-likeness (QED) is 0.837. The van der Waals surface area contributed by atoms with Crippen LogP contribution in [0.5, 0.6) is 0 Å². The summed E-state index contributed by atoms with van der Waals surface area (Å²) in [5, 5.41) is 1.34. The van der Waals surface area contributed by atoms with E-state index in [1.807, 2.05) is 11.3 Å². The molecule has 132 valence electrons. The predicted molar refractivity (Wildman–Crippen MR) is 95.5 cm³/mol. The van der Waals surface area contributed by atoms with Gasteiger partial charge in [0, 0.05) is 30.5 Å². The maximum atomic E-state index is 12.5. The van der Waals surface area contributed by atoms with E-state index in [1.54, 1.807) is 0 Å². The highest BCUT2D eigenvalue weighted by Crippen LogP contribution is 2.35. The second-order valence-electron chi connectivity index (χ2n) is 7.48. The number of fused-ring (bicyclic) bond motifs is 1. The van der Waals surface area contributed by atoms with Gasteiger partial charge in [0.05, 0.1) is 23.2 Å². The van der Waals surface area contributed by atoms with E-state index < -0.39 is 0 Å². The molecule has 24 heavy (non-hydrogen) atoms. The molecular formula is C19H28N2O2S. The van der Waals surface area contributed by atoms with Gasteiger partial charge in [-0.25, -0.2) is 4.98 Å². The van der Waals surface area contributed by atoms with E-state index in [0.29, 0.717) is 18.2 Å². The molecular weight excluding hydrogens is 320 g/mol. The molecule has 1 atom stereocenters. The van der Waals surface area contributed by atoms with Crippen molar-refractivity contribution < 1.29 is 9.53 Å². The first-order chi connectivity index (χ1) is 11.8. The summed E-state index contributed by atoms with van der Waals surface area (Å²) in [6, 6.07) is 0. The molecule has 0 radical (unpaired) electrons. The second-order valence-corrected chi connectivity index (χ2v) is 8.59. The Bertz CT molecular complexity index is 548. The first kappa shape index (κ1) is 16.5. The lowest BCUT2D eigenvalue weighted by atomic mass is 9.96. The van der Waals surface area contributed by atoms with Gasteiger partial charge >= 0.3 is 0 Å². The maximum absolute atomic E-state index is 12.5. The average Bonchev–Trinajstić information content (AvgIpc) is 3.07. The highest BCUT2D eigenvalue weighted by Gasteiger charge is 2.28. The number of rotatable bonds is 3. The molecule has 5 heteroatoms. The minimum atomic E-state index is 0.162. The summed E-state index contributed by atoms with van der Waals surface area (Å²) >= 11 is 1.95. The number of thiazole rings is 1. The van der Waals surface area contributed by atoms with Crippen molar-refractivity contribution in [1.29, 1.82) is 0 Å². The molecule has 0 spiro atoms. The molecule has 3 heterocycles. The normalized spacial score (nSPS) is 25.5. The lowest BCUT2D eigenvalue weighted by molar-refractivity contribution is -0.136. The molecule has 0 N–H and O–H groups in total. The number of aromatic nitrogens is 1. The molecule has 0 aromatic carbocycles. The Hall–Kier alpha value is -0.940. The number of amides is 1. The molecule has 1 unspecified atom stereocenters. The van der Waals surface area contributed by atoms with Crippen LogP contribution in [0.4, 0.5) is 0 Å². The van der Waals surface area contributed by atoms with Gasteiger partial charge in [0.1, 0.15) is 0 Å². The van der Waals surface area contributed by atoms with E-state index in [2.05, 4.69) is 4.90 Å². The fourth-order valence-electron chi connectivity index (χ4n) is 4.21. The van der Waals surface area contributed by atoms with Crippen LogP contribution in [0.25, 0.3) is 0 Å². The number of ether oxygens (including phenoxy) is 1. The summed E-state index contributed by atoms with van der Waals surface area (Å²) in [6.07, 6.45) is 11.3. The number of carbonyl (C=O) groups excluding carboxylic acids is 1. The number of nitrogens with zero attached hydrogens (tertiary/aromatic N) is 2. The van der Waals surface area contributed by atoms with Crippen LogP contribution < -0.4 is 0 Å². The van der Waals surface area contributed by atoms with Crippen LogP contribution in [0.2, 0.25) is 0 Å². The lowest BCUT2D eigenvalue weighted by Gasteiger charge is -2.32. The van der Waals surface area contributed by atoms with Gasteiger partial charge in [0.2, 0.25) is 5.91 Å². The van der Waals surface area contributed by atoms with Crippen molar-refractivity contribution in [2.45, 2.75) is 76.2 Å². The maximum Gasteiger partial charge on any atom is 0.225 e. The molecule has 1 amide bonds. The smallest absolute Gasteiger partial charge is 0.225 e. The molecule has 3 aliphatic rings. The molecule has 2 aliphatic heterocycles. The molecule has 4 rings (SSSR count). The van der Waals surface area contributed by atoms with Crippen molar-refractivity contribution in [3.05, 3.63) is 15.6 Å². The minimum Gasteiger partial charge on any atom is -0.378 e. The van der Waals surface area contributed by atoms with Crippen LogP contribution in [0.1, 0.15) is 72.9 Å². The summed E-state index contributed by atoms with van der Waals surface area (Å²) in [5.74, 6) is 0.856. The minimum absolute atomic E-state index is 0.162. The van der Waals surface area contributed by atoms with Gasteiger partial charge in [-0.3, -0.25) is 4.79 Å². The van der Waals surface area contributed by atoms with Crippen LogP contribution in [0, 0.1) is 0 Å². The third kappa shape index (κ3) is 3.67. The summed E-state index contributed by atoms with van der Waals surface area (Å²) in [4.78, 5) is 21.0. The van der Waals surface area contributed by atoms with E-state index >= 15 is 0 Å². The number of carbonyl (C=O) groups is 1. The van der Waals surface area contributed by atoms with Crippen molar-refractivity contribution in [1.82, 2.24) is 9.88 Å². The van der Waals surface area contributed by atoms with Gasteiger partial charge in [-0.1, -0.05) is 0 Å². The number of aryl methyl sites for hydroxylation is 2. The summed E-state index contributed by atoms with van der Waals surface area (Å²) in [6.45, 7) is 2.61. The average molecular weight is 349 g/mol. The Labute approximate surface area is 148 Å². The Balaban J connectivity index is 1.29. The fraction of sp³-hybridized carbons (Fsp3) is 0.789. The third-order valence-corrected chi connectivity index (χ3v) is 7.06. The topological polar surface area (TPSA) is 42.4 Å². The first-order valence-corrected chi connectivity index (χ1v) is 10.5. The highest BCUT2D eigenvalue weighted by molar-refractivity contribution is 7.11. The molecule has 4 nitrogen and oxygen atoms in total. The Morgan fingerprint density at radius 2 is 1.96 bits per heavy atom. The van der Waals surface area contributed by atoms with Crippen LogP contribution in [0.15, 0.2) is 0 Å². The molecule has 2 saturated heterocycles. The van der Waals surface area contributed by atoms with E-state index in [9.17, 15) is 4.79 Å². The Morgan fingerprint density at radius 3 is 2.71 bits per heavy atom. The van der Waals surface area contributed by atoms with Gasteiger partial charge in [-0.05, 0) is 57.8 Å². The molecule has 1 aliphatic carbocycles.